The highest BCUT2D eigenvalue weighted by atomic mass is 16.8. The Balaban J connectivity index is 1.07. The van der Waals surface area contributed by atoms with E-state index in [1.165, 1.54) is 12.5 Å². The molecule has 0 bridgehead atoms. The molecule has 0 aromatic carbocycles. The number of aldehydes is 1. The summed E-state index contributed by atoms with van der Waals surface area (Å²) in [5.74, 6) is 0.405. The van der Waals surface area contributed by atoms with Gasteiger partial charge in [-0.05, 0) is 104 Å². The zero-order valence-electron chi connectivity index (χ0n) is 39.3. The van der Waals surface area contributed by atoms with E-state index in [1.54, 1.807) is 0 Å². The van der Waals surface area contributed by atoms with Gasteiger partial charge in [-0.1, -0.05) is 60.1 Å². The van der Waals surface area contributed by atoms with Crippen LogP contribution in [0.2, 0.25) is 0 Å². The molecule has 65 heavy (non-hydrogen) atoms. The standard InChI is InChI=1S/C48H78O17/c1-22-31(53)34(56)37(59)40(60-22)64-39-36(58)33(55)26(20-50)62-42(39)65-38-35(57)32(54)25(19-49)61-41(38)63-30-12-13-45(5)27(46(30,6)21-51)11-14-48(8)28(45)10-9-23-24-17-43(2,3)18-29(52)44(24,4)15-16-47(23,48)7/h9,21-22,24-42,49-50,52-59H,10-20H2,1-8H3/t22-,24-,25+,26+,27+,28+,29+,30-,31-,32+,33-,34+,35-,36-,37+,38+,39+,40-,41-,42-,44+,45-,46+,47+,48+/m0/s1. The van der Waals surface area contributed by atoms with Gasteiger partial charge in [-0.3, -0.25) is 0 Å². The predicted octanol–water partition coefficient (Wildman–Crippen LogP) is 0.819. The Kier molecular flexibility index (Phi) is 13.6. The van der Waals surface area contributed by atoms with Crippen molar-refractivity contribution in [1.29, 1.82) is 0 Å². The molecule has 0 aromatic rings. The molecule has 3 aliphatic heterocycles. The molecule has 0 unspecified atom stereocenters. The van der Waals surface area contributed by atoms with Crippen molar-refractivity contribution in [2.45, 2.75) is 218 Å². The topological polar surface area (TPSA) is 275 Å². The molecule has 17 heteroatoms. The molecule has 7 fully saturated rings. The smallest absolute Gasteiger partial charge is 0.187 e. The van der Waals surface area contributed by atoms with Crippen molar-refractivity contribution in [3.63, 3.8) is 0 Å². The maximum absolute atomic E-state index is 13.7. The van der Waals surface area contributed by atoms with E-state index in [4.69, 9.17) is 28.4 Å². The first-order valence-corrected chi connectivity index (χ1v) is 24.1. The Labute approximate surface area is 382 Å². The minimum absolute atomic E-state index is 0.0260. The Morgan fingerprint density at radius 1 is 0.631 bits per heavy atom. The molecule has 25 atom stereocenters. The molecular weight excluding hydrogens is 849 g/mol. The van der Waals surface area contributed by atoms with E-state index >= 15 is 0 Å². The van der Waals surface area contributed by atoms with Gasteiger partial charge in [0.2, 0.25) is 0 Å². The van der Waals surface area contributed by atoms with Crippen molar-refractivity contribution in [2.24, 2.45) is 50.2 Å². The third-order valence-corrected chi connectivity index (χ3v) is 19.4. The summed E-state index contributed by atoms with van der Waals surface area (Å²) in [5.41, 5.74) is -0.165. The Morgan fingerprint density at radius 3 is 1.80 bits per heavy atom. The molecule has 0 amide bonds. The van der Waals surface area contributed by atoms with Gasteiger partial charge in [0.15, 0.2) is 18.9 Å². The van der Waals surface area contributed by atoms with Gasteiger partial charge in [-0.25, -0.2) is 0 Å². The van der Waals surface area contributed by atoms with Crippen LogP contribution in [0.15, 0.2) is 11.6 Å². The van der Waals surface area contributed by atoms with E-state index in [2.05, 4.69) is 47.6 Å². The van der Waals surface area contributed by atoms with Crippen molar-refractivity contribution >= 4 is 6.29 Å². The van der Waals surface area contributed by atoms with Crippen LogP contribution in [0.4, 0.5) is 0 Å². The van der Waals surface area contributed by atoms with Crippen molar-refractivity contribution in [1.82, 2.24) is 0 Å². The van der Waals surface area contributed by atoms with Crippen molar-refractivity contribution < 1.29 is 84.3 Å². The van der Waals surface area contributed by atoms with E-state index in [9.17, 15) is 55.9 Å². The highest BCUT2D eigenvalue weighted by Gasteiger charge is 2.70. The molecular formula is C48H78O17. The number of carbonyl (C=O) groups is 1. The molecule has 0 spiro atoms. The quantitative estimate of drug-likeness (QED) is 0.0871. The molecule has 4 saturated carbocycles. The minimum Gasteiger partial charge on any atom is -0.394 e. The number of allylic oxidation sites excluding steroid dienone is 2. The van der Waals surface area contributed by atoms with Crippen molar-refractivity contribution in [2.75, 3.05) is 13.2 Å². The number of fused-ring (bicyclic) bond motifs is 7. The van der Waals surface area contributed by atoms with Crippen LogP contribution in [0.25, 0.3) is 0 Å². The molecule has 3 saturated heterocycles. The molecule has 0 radical (unpaired) electrons. The number of aliphatic hydroxyl groups excluding tert-OH is 10. The second-order valence-corrected chi connectivity index (χ2v) is 23.4. The normalized spacial score (nSPS) is 56.6. The molecule has 17 nitrogen and oxygen atoms in total. The number of carbonyl (C=O) groups excluding carboxylic acids is 1. The zero-order chi connectivity index (χ0) is 47.6. The summed E-state index contributed by atoms with van der Waals surface area (Å²) < 4.78 is 36.6. The Morgan fingerprint density at radius 2 is 1.22 bits per heavy atom. The Bertz CT molecular complexity index is 1770. The lowest BCUT2D eigenvalue weighted by Gasteiger charge is -2.71. The monoisotopic (exact) mass is 927 g/mol. The number of aliphatic hydroxyl groups is 10. The number of hydrogen-bond donors (Lipinski definition) is 10. The first-order valence-electron chi connectivity index (χ1n) is 24.1. The SMILES string of the molecule is C[C@@H]1O[C@@H](O[C@H]2[C@H](O[C@H]3[C@H](O[C@H]4CC[C@]5(C)[C@H]6CC=C7[C@@H]8CC(C)(C)C[C@@H](O)[C@]8(C)CC[C@@]7(C)[C@]6(C)CC[C@H]5[C@@]4(C)C=O)O[C@H](CO)[C@@H](O)[C@@H]3O)O[C@H](CO)[C@H](O)[C@@H]2O)[C@H](O)[C@H](O)[C@H]1O. The lowest BCUT2D eigenvalue weighted by atomic mass is 9.33. The molecule has 0 aromatic heterocycles. The van der Waals surface area contributed by atoms with E-state index in [0.29, 0.717) is 12.8 Å². The third kappa shape index (κ3) is 7.77. The van der Waals surface area contributed by atoms with Crippen LogP contribution in [0.3, 0.4) is 0 Å². The highest BCUT2D eigenvalue weighted by molar-refractivity contribution is 5.61. The fourth-order valence-corrected chi connectivity index (χ4v) is 15.0. The van der Waals surface area contributed by atoms with Gasteiger partial charge < -0.3 is 84.3 Å². The first-order chi connectivity index (χ1) is 30.4. The van der Waals surface area contributed by atoms with Crippen LogP contribution in [0, 0.1) is 50.2 Å². The van der Waals surface area contributed by atoms with Crippen molar-refractivity contribution in [3.8, 4) is 0 Å². The number of hydrogen-bond acceptors (Lipinski definition) is 17. The maximum Gasteiger partial charge on any atom is 0.187 e. The summed E-state index contributed by atoms with van der Waals surface area (Å²) in [4.78, 5) is 13.7. The molecule has 5 aliphatic carbocycles. The van der Waals surface area contributed by atoms with Crippen LogP contribution in [0.1, 0.15) is 113 Å². The molecule has 372 valence electrons. The van der Waals surface area contributed by atoms with Crippen LogP contribution < -0.4 is 0 Å². The third-order valence-electron chi connectivity index (χ3n) is 19.4. The summed E-state index contributed by atoms with van der Waals surface area (Å²) in [7, 11) is 0. The molecule has 8 rings (SSSR count). The van der Waals surface area contributed by atoms with Gasteiger partial charge in [-0.15, -0.1) is 0 Å². The fraction of sp³-hybridized carbons (Fsp3) is 0.938. The van der Waals surface area contributed by atoms with Crippen molar-refractivity contribution in [3.05, 3.63) is 11.6 Å². The van der Waals surface area contributed by atoms with Crippen LogP contribution in [-0.2, 0) is 33.2 Å². The van der Waals surface area contributed by atoms with Crippen LogP contribution in [0.5, 0.6) is 0 Å². The van der Waals surface area contributed by atoms with E-state index < -0.39 is 117 Å². The summed E-state index contributed by atoms with van der Waals surface area (Å²) >= 11 is 0. The van der Waals surface area contributed by atoms with E-state index in [0.717, 1.165) is 51.2 Å². The van der Waals surface area contributed by atoms with Crippen LogP contribution in [-0.4, -0.2) is 175 Å². The highest BCUT2D eigenvalue weighted by Crippen LogP contribution is 2.75. The molecule has 8 aliphatic rings. The molecule has 10 N–H and O–H groups in total. The van der Waals surface area contributed by atoms with Crippen LogP contribution >= 0.6 is 0 Å². The molecule has 3 heterocycles. The van der Waals surface area contributed by atoms with Gasteiger partial charge in [-0.2, -0.15) is 0 Å². The largest absolute Gasteiger partial charge is 0.394 e. The predicted molar refractivity (Wildman–Crippen MR) is 229 cm³/mol. The van der Waals surface area contributed by atoms with Gasteiger partial charge in [0, 0.05) is 5.41 Å². The summed E-state index contributed by atoms with van der Waals surface area (Å²) in [6.45, 7) is 15.9. The maximum atomic E-state index is 13.7. The zero-order valence-corrected chi connectivity index (χ0v) is 39.3. The van der Waals surface area contributed by atoms with E-state index in [1.807, 2.05) is 6.92 Å². The van der Waals surface area contributed by atoms with Gasteiger partial charge in [0.05, 0.1) is 36.9 Å². The second kappa shape index (κ2) is 17.6. The van der Waals surface area contributed by atoms with Gasteiger partial charge in [0.25, 0.3) is 0 Å². The average Bonchev–Trinajstić information content (AvgIpc) is 3.25. The summed E-state index contributed by atoms with van der Waals surface area (Å²) in [6.07, 6.45) is -14.6. The fourth-order valence-electron chi connectivity index (χ4n) is 15.0. The lowest BCUT2D eigenvalue weighted by molar-refractivity contribution is -0.397. The lowest BCUT2D eigenvalue weighted by Crippen LogP contribution is -2.68. The minimum atomic E-state index is -1.87. The van der Waals surface area contributed by atoms with Gasteiger partial charge >= 0.3 is 0 Å². The van der Waals surface area contributed by atoms with E-state index in [-0.39, 0.29) is 50.9 Å². The van der Waals surface area contributed by atoms with Gasteiger partial charge in [0.1, 0.15) is 73.4 Å². The number of rotatable bonds is 9. The first kappa shape index (κ1) is 50.2. The second-order valence-electron chi connectivity index (χ2n) is 23.4. The average molecular weight is 927 g/mol. The summed E-state index contributed by atoms with van der Waals surface area (Å²) in [6, 6.07) is 0. The summed E-state index contributed by atoms with van der Waals surface area (Å²) in [5, 5.41) is 108. The Hall–Kier alpha value is -1.23. The number of ether oxygens (including phenoxy) is 6.